The number of hydrogen-bond acceptors (Lipinski definition) is 6. The summed E-state index contributed by atoms with van der Waals surface area (Å²) in [5.41, 5.74) is 3.45. The Hall–Kier alpha value is -2.49. The molecule has 4 N–H and O–H groups in total. The molecule has 4 bridgehead atoms. The van der Waals surface area contributed by atoms with E-state index in [1.165, 1.54) is 19.3 Å². The fraction of sp³-hybridized carbons (Fsp3) is 0.618. The molecule has 8 rings (SSSR count). The number of rotatable bonds is 7. The van der Waals surface area contributed by atoms with Crippen LogP contribution in [-0.4, -0.2) is 58.5 Å². The first-order valence-corrected chi connectivity index (χ1v) is 15.9. The van der Waals surface area contributed by atoms with Crippen LogP contribution >= 0.6 is 0 Å². The van der Waals surface area contributed by atoms with Crippen molar-refractivity contribution in [3.63, 3.8) is 0 Å². The molecule has 2 amide bonds. The molecule has 2 heterocycles. The number of urea groups is 1. The van der Waals surface area contributed by atoms with Crippen molar-refractivity contribution in [2.24, 2.45) is 23.7 Å². The van der Waals surface area contributed by atoms with Crippen molar-refractivity contribution < 1.29 is 24.5 Å². The number of β-amino-alcohol motifs (C(OH)–C–C–N with tert-alkyl or cyclic N) is 1. The Labute approximate surface area is 248 Å². The molecule has 4 aliphatic carbocycles. The molecular weight excluding hydrogens is 530 g/mol. The molecule has 0 aromatic heterocycles. The highest BCUT2D eigenvalue weighted by molar-refractivity contribution is 5.89. The molecule has 0 spiro atoms. The number of nitrogens with zero attached hydrogens (tertiary/aromatic N) is 1. The van der Waals surface area contributed by atoms with E-state index in [9.17, 15) is 15.0 Å². The highest BCUT2D eigenvalue weighted by atomic mass is 16.7. The molecule has 5 atom stereocenters. The van der Waals surface area contributed by atoms with Crippen LogP contribution < -0.4 is 10.6 Å². The number of likely N-dealkylation sites (tertiary alicyclic amines) is 1. The van der Waals surface area contributed by atoms with Gasteiger partial charge in [-0.05, 0) is 86.0 Å². The maximum Gasteiger partial charge on any atom is 0.319 e. The number of ether oxygens (including phenoxy) is 2. The van der Waals surface area contributed by atoms with E-state index in [1.54, 1.807) is 0 Å². The minimum absolute atomic E-state index is 0.00321. The number of carbonyl (C=O) groups excluding carboxylic acids is 1. The van der Waals surface area contributed by atoms with Crippen molar-refractivity contribution in [2.75, 3.05) is 25.0 Å². The van der Waals surface area contributed by atoms with Crippen LogP contribution in [0.1, 0.15) is 81.0 Å². The third kappa shape index (κ3) is 5.84. The monoisotopic (exact) mass is 575 g/mol. The summed E-state index contributed by atoms with van der Waals surface area (Å²) in [5, 5.41) is 26.2. The number of hydrogen-bond donors (Lipinski definition) is 4. The highest BCUT2D eigenvalue weighted by Crippen LogP contribution is 2.55. The minimum atomic E-state index is -0.603. The molecule has 6 aliphatic rings. The van der Waals surface area contributed by atoms with Gasteiger partial charge in [0.25, 0.3) is 0 Å². The Balaban J connectivity index is 1.07. The van der Waals surface area contributed by atoms with E-state index in [2.05, 4.69) is 22.5 Å². The molecule has 2 aromatic rings. The Morgan fingerprint density at radius 3 is 2.36 bits per heavy atom. The minimum Gasteiger partial charge on any atom is -0.392 e. The van der Waals surface area contributed by atoms with Crippen LogP contribution in [0.4, 0.5) is 10.5 Å². The molecule has 226 valence electrons. The lowest BCUT2D eigenvalue weighted by Gasteiger charge is -2.56. The second kappa shape index (κ2) is 11.5. The number of aliphatic hydroxyl groups excluding tert-OH is 2. The van der Waals surface area contributed by atoms with Crippen molar-refractivity contribution in [1.82, 2.24) is 10.2 Å². The lowest BCUT2D eigenvalue weighted by Crippen LogP contribution is -2.60. The van der Waals surface area contributed by atoms with E-state index in [4.69, 9.17) is 9.47 Å². The first-order valence-electron chi connectivity index (χ1n) is 15.9. The van der Waals surface area contributed by atoms with Gasteiger partial charge in [0.05, 0.1) is 24.9 Å². The predicted octanol–water partition coefficient (Wildman–Crippen LogP) is 5.13. The summed E-state index contributed by atoms with van der Waals surface area (Å²) in [6.07, 6.45) is 6.96. The van der Waals surface area contributed by atoms with E-state index in [0.717, 1.165) is 72.4 Å². The van der Waals surface area contributed by atoms with Crippen molar-refractivity contribution in [3.05, 3.63) is 65.2 Å². The van der Waals surface area contributed by atoms with Crippen molar-refractivity contribution in [1.29, 1.82) is 0 Å². The maximum atomic E-state index is 13.3. The van der Waals surface area contributed by atoms with E-state index in [-0.39, 0.29) is 42.4 Å². The summed E-state index contributed by atoms with van der Waals surface area (Å²) in [6, 6.07) is 15.6. The Bertz CT molecular complexity index is 1230. The van der Waals surface area contributed by atoms with Gasteiger partial charge in [-0.3, -0.25) is 4.90 Å². The topological polar surface area (TPSA) is 103 Å². The fourth-order valence-electron chi connectivity index (χ4n) is 8.99. The molecule has 5 unspecified atom stereocenters. The molecular formula is C34H45N3O5. The smallest absolute Gasteiger partial charge is 0.319 e. The number of nitrogens with one attached hydrogen (secondary N) is 2. The fourth-order valence-corrected chi connectivity index (χ4v) is 8.99. The van der Waals surface area contributed by atoms with Crippen LogP contribution in [-0.2, 0) is 16.1 Å². The first kappa shape index (κ1) is 28.3. The van der Waals surface area contributed by atoms with Crippen molar-refractivity contribution in [3.8, 4) is 0 Å². The van der Waals surface area contributed by atoms with Gasteiger partial charge in [0.1, 0.15) is 0 Å². The third-order valence-electron chi connectivity index (χ3n) is 10.6. The van der Waals surface area contributed by atoms with Crippen LogP contribution in [0.2, 0.25) is 0 Å². The summed E-state index contributed by atoms with van der Waals surface area (Å²) in [4.78, 5) is 15.5. The predicted molar refractivity (Wildman–Crippen MR) is 160 cm³/mol. The zero-order valence-electron chi connectivity index (χ0n) is 24.6. The van der Waals surface area contributed by atoms with Gasteiger partial charge in [-0.2, -0.15) is 0 Å². The van der Waals surface area contributed by atoms with Gasteiger partial charge >= 0.3 is 6.03 Å². The number of aliphatic hydroxyl groups is 2. The molecule has 4 saturated carbocycles. The van der Waals surface area contributed by atoms with Crippen molar-refractivity contribution >= 4 is 11.7 Å². The van der Waals surface area contributed by atoms with E-state index < -0.39 is 6.29 Å². The van der Waals surface area contributed by atoms with Crippen LogP contribution in [0, 0.1) is 23.7 Å². The van der Waals surface area contributed by atoms with Gasteiger partial charge in [-0.25, -0.2) is 4.79 Å². The van der Waals surface area contributed by atoms with Crippen molar-refractivity contribution in [2.45, 2.75) is 88.6 Å². The quantitative estimate of drug-likeness (QED) is 0.365. The van der Waals surface area contributed by atoms with Crippen LogP contribution in [0.25, 0.3) is 0 Å². The number of carbonyl (C=O) groups is 1. The van der Waals surface area contributed by atoms with Crippen LogP contribution in [0.15, 0.2) is 48.5 Å². The number of amides is 2. The summed E-state index contributed by atoms with van der Waals surface area (Å²) < 4.78 is 13.2. The average Bonchev–Trinajstić information content (AvgIpc) is 3.37. The third-order valence-corrected chi connectivity index (χ3v) is 10.6. The summed E-state index contributed by atoms with van der Waals surface area (Å²) in [7, 11) is 0. The second-order valence-corrected chi connectivity index (χ2v) is 13.9. The largest absolute Gasteiger partial charge is 0.392 e. The Kier molecular flexibility index (Phi) is 7.78. The van der Waals surface area contributed by atoms with Gasteiger partial charge in [-0.15, -0.1) is 0 Å². The van der Waals surface area contributed by atoms with E-state index in [0.29, 0.717) is 13.1 Å². The SMILES string of the molecule is CC1C(CN2CCC(O)C2)OC(c2cccc(NC(=O)NC34CC5CC(CC(C5)C3)C4)c2)OC1c1ccc(CO)cc1. The molecule has 8 nitrogen and oxygen atoms in total. The molecule has 0 radical (unpaired) electrons. The van der Waals surface area contributed by atoms with Gasteiger partial charge in [0, 0.05) is 42.3 Å². The van der Waals surface area contributed by atoms with Crippen LogP contribution in [0.3, 0.4) is 0 Å². The summed E-state index contributed by atoms with van der Waals surface area (Å²) in [5.74, 6) is 2.39. The molecule has 8 heteroatoms. The molecule has 2 aromatic carbocycles. The maximum absolute atomic E-state index is 13.3. The Morgan fingerprint density at radius 2 is 1.71 bits per heavy atom. The van der Waals surface area contributed by atoms with E-state index in [1.807, 2.05) is 48.5 Å². The van der Waals surface area contributed by atoms with Crippen LogP contribution in [0.5, 0.6) is 0 Å². The lowest BCUT2D eigenvalue weighted by atomic mass is 9.53. The average molecular weight is 576 g/mol. The normalized spacial score (nSPS) is 37.6. The van der Waals surface area contributed by atoms with E-state index >= 15 is 0 Å². The van der Waals surface area contributed by atoms with Gasteiger partial charge < -0.3 is 30.3 Å². The first-order chi connectivity index (χ1) is 20.3. The zero-order chi connectivity index (χ0) is 28.8. The molecule has 42 heavy (non-hydrogen) atoms. The number of anilines is 1. The zero-order valence-corrected chi connectivity index (χ0v) is 24.6. The number of benzene rings is 2. The molecule has 2 saturated heterocycles. The second-order valence-electron chi connectivity index (χ2n) is 13.9. The summed E-state index contributed by atoms with van der Waals surface area (Å²) >= 11 is 0. The lowest BCUT2D eigenvalue weighted by molar-refractivity contribution is -0.276. The molecule has 2 aliphatic heterocycles. The van der Waals surface area contributed by atoms with Gasteiger partial charge in [-0.1, -0.05) is 43.3 Å². The van der Waals surface area contributed by atoms with Gasteiger partial charge in [0.2, 0.25) is 0 Å². The summed E-state index contributed by atoms with van der Waals surface area (Å²) in [6.45, 7) is 4.39. The molecule has 6 fully saturated rings. The highest BCUT2D eigenvalue weighted by Gasteiger charge is 2.51. The standard InChI is InChI=1S/C34H45N3O5/c1-21-30(19-37-10-9-29(39)18-37)41-32(42-31(21)26-7-5-22(20-38)6-8-26)27-3-2-4-28(14-27)35-33(40)36-34-15-23-11-24(16-34)13-25(12-23)17-34/h2-8,14,21,23-25,29-32,38-39H,9-13,15-20H2,1H3,(H2,35,36,40). The Morgan fingerprint density at radius 1 is 1.00 bits per heavy atom. The van der Waals surface area contributed by atoms with Gasteiger partial charge in [0.15, 0.2) is 6.29 Å².